The molecule has 4 aliphatic rings. The number of ether oxygens (including phenoxy) is 5. The van der Waals surface area contributed by atoms with Crippen molar-refractivity contribution < 1.29 is 57.9 Å². The van der Waals surface area contributed by atoms with E-state index >= 15 is 0 Å². The number of ketones is 1. The van der Waals surface area contributed by atoms with Gasteiger partial charge in [-0.2, -0.15) is 0 Å². The number of epoxide rings is 1. The summed E-state index contributed by atoms with van der Waals surface area (Å²) in [5.41, 5.74) is -6.89. The van der Waals surface area contributed by atoms with Gasteiger partial charge in [0, 0.05) is 44.4 Å². The minimum Gasteiger partial charge on any atom is -0.459 e. The predicted octanol–water partition coefficient (Wildman–Crippen LogP) is 0.148. The van der Waals surface area contributed by atoms with Crippen LogP contribution >= 0.6 is 0 Å². The van der Waals surface area contributed by atoms with E-state index in [1.807, 2.05) is 0 Å². The Morgan fingerprint density at radius 1 is 0.974 bits per heavy atom. The van der Waals surface area contributed by atoms with Crippen LogP contribution in [0.15, 0.2) is 12.2 Å². The van der Waals surface area contributed by atoms with Crippen molar-refractivity contribution in [3.63, 3.8) is 0 Å². The van der Waals surface area contributed by atoms with E-state index in [0.29, 0.717) is 0 Å². The molecule has 38 heavy (non-hydrogen) atoms. The first-order chi connectivity index (χ1) is 17.4. The third kappa shape index (κ3) is 3.95. The molecule has 210 valence electrons. The molecule has 3 fully saturated rings. The average Bonchev–Trinajstić information content (AvgIpc) is 3.36. The maximum atomic E-state index is 13.0. The van der Waals surface area contributed by atoms with E-state index in [2.05, 4.69) is 0 Å². The van der Waals surface area contributed by atoms with E-state index < -0.39 is 94.9 Å². The van der Waals surface area contributed by atoms with Crippen LogP contribution in [-0.4, -0.2) is 87.2 Å². The average molecular weight is 539 g/mol. The van der Waals surface area contributed by atoms with Gasteiger partial charge in [-0.05, 0) is 19.9 Å². The Kier molecular flexibility index (Phi) is 6.57. The van der Waals surface area contributed by atoms with Crippen molar-refractivity contribution >= 4 is 29.7 Å². The lowest BCUT2D eigenvalue weighted by atomic mass is 9.56. The van der Waals surface area contributed by atoms with Gasteiger partial charge in [0.2, 0.25) is 0 Å². The first-order valence-electron chi connectivity index (χ1n) is 12.5. The Morgan fingerprint density at radius 3 is 2.05 bits per heavy atom. The number of hydrogen-bond donors (Lipinski definition) is 2. The fraction of sp³-hybridized carbons (Fsp3) is 0.731. The van der Waals surface area contributed by atoms with Crippen LogP contribution < -0.4 is 0 Å². The van der Waals surface area contributed by atoms with Crippen LogP contribution in [0, 0.1) is 17.3 Å². The van der Waals surface area contributed by atoms with E-state index in [-0.39, 0.29) is 5.78 Å². The summed E-state index contributed by atoms with van der Waals surface area (Å²) in [6, 6.07) is 0. The number of allylic oxidation sites excluding steroid dienone is 1. The lowest BCUT2D eigenvalue weighted by molar-refractivity contribution is -0.223. The zero-order chi connectivity index (χ0) is 28.6. The fourth-order valence-corrected chi connectivity index (χ4v) is 6.73. The highest BCUT2D eigenvalue weighted by Gasteiger charge is 2.89. The second-order valence-corrected chi connectivity index (χ2v) is 11.4. The summed E-state index contributed by atoms with van der Waals surface area (Å²) in [6.07, 6.45) is -5.00. The monoisotopic (exact) mass is 538 g/mol. The van der Waals surface area contributed by atoms with Gasteiger partial charge in [-0.3, -0.25) is 19.2 Å². The first kappa shape index (κ1) is 28.2. The summed E-state index contributed by atoms with van der Waals surface area (Å²) in [7, 11) is 0. The highest BCUT2D eigenvalue weighted by molar-refractivity contribution is 5.93. The minimum absolute atomic E-state index is 0.333. The molecule has 2 saturated heterocycles. The topological polar surface area (TPSA) is 175 Å². The molecule has 2 aliphatic heterocycles. The number of aliphatic hydroxyl groups excluding tert-OH is 1. The molecule has 0 aromatic rings. The molecule has 2 N–H and O–H groups in total. The van der Waals surface area contributed by atoms with Crippen LogP contribution in [0.5, 0.6) is 0 Å². The molecule has 0 amide bonds. The van der Waals surface area contributed by atoms with Crippen LogP contribution in [0.3, 0.4) is 0 Å². The zero-order valence-corrected chi connectivity index (χ0v) is 22.4. The summed E-state index contributed by atoms with van der Waals surface area (Å²) in [5, 5.41) is 22.9. The Labute approximate surface area is 219 Å². The summed E-state index contributed by atoms with van der Waals surface area (Å²) < 4.78 is 28.6. The first-order valence-corrected chi connectivity index (χ1v) is 12.5. The molecule has 0 radical (unpaired) electrons. The molecule has 4 rings (SSSR count). The molecular formula is C26H34O12. The molecule has 2 aliphatic carbocycles. The second-order valence-electron chi connectivity index (χ2n) is 11.4. The Morgan fingerprint density at radius 2 is 1.53 bits per heavy atom. The van der Waals surface area contributed by atoms with Gasteiger partial charge in [0.05, 0.1) is 5.60 Å². The number of fused-ring (bicyclic) bond motifs is 1. The quantitative estimate of drug-likeness (QED) is 0.283. The van der Waals surface area contributed by atoms with Crippen molar-refractivity contribution in [3.05, 3.63) is 12.2 Å². The second kappa shape index (κ2) is 8.85. The molecule has 0 aromatic carbocycles. The number of rotatable bonds is 3. The fourth-order valence-electron chi connectivity index (χ4n) is 6.73. The third-order valence-corrected chi connectivity index (χ3v) is 8.58. The lowest BCUT2D eigenvalue weighted by Crippen LogP contribution is -2.66. The minimum atomic E-state index is -2.09. The molecule has 12 heteroatoms. The molecule has 3 unspecified atom stereocenters. The molecule has 2 heterocycles. The van der Waals surface area contributed by atoms with Crippen molar-refractivity contribution in [1.82, 2.24) is 0 Å². The number of aliphatic hydroxyl groups is 2. The number of carbonyl (C=O) groups is 5. The van der Waals surface area contributed by atoms with Crippen molar-refractivity contribution in [1.29, 1.82) is 0 Å². The van der Waals surface area contributed by atoms with E-state index in [1.165, 1.54) is 26.0 Å². The largest absolute Gasteiger partial charge is 0.459 e. The molecule has 1 spiro atoms. The summed E-state index contributed by atoms with van der Waals surface area (Å²) >= 11 is 0. The molecule has 12 nitrogen and oxygen atoms in total. The summed E-state index contributed by atoms with van der Waals surface area (Å²) in [4.78, 5) is 63.0. The van der Waals surface area contributed by atoms with E-state index in [1.54, 1.807) is 13.8 Å². The summed E-state index contributed by atoms with van der Waals surface area (Å²) in [6.45, 7) is 9.35. The zero-order valence-electron chi connectivity index (χ0n) is 22.4. The SMILES string of the molecule is CC(=O)O[C@H]1C[C@@](C)(O)C(O)[C@@H]2OC(=O)[C@@]3(C)OC23[C@@H](OC(C)=O)C2[C@@H](C)C(=O)C=C[C@]2(C)[C@H]1OC(C)=O. The number of esters is 4. The van der Waals surface area contributed by atoms with Gasteiger partial charge >= 0.3 is 23.9 Å². The van der Waals surface area contributed by atoms with Crippen molar-refractivity contribution in [2.45, 2.75) is 102 Å². The normalized spacial score (nSPS) is 47.6. The van der Waals surface area contributed by atoms with Crippen molar-refractivity contribution in [3.8, 4) is 0 Å². The van der Waals surface area contributed by atoms with Crippen LogP contribution in [0.1, 0.15) is 54.9 Å². The van der Waals surface area contributed by atoms with Gasteiger partial charge in [-0.1, -0.05) is 19.9 Å². The van der Waals surface area contributed by atoms with Crippen molar-refractivity contribution in [2.75, 3.05) is 0 Å². The van der Waals surface area contributed by atoms with Crippen molar-refractivity contribution in [2.24, 2.45) is 17.3 Å². The Balaban J connectivity index is 2.04. The van der Waals surface area contributed by atoms with E-state index in [9.17, 15) is 34.2 Å². The molecule has 0 bridgehead atoms. The van der Waals surface area contributed by atoms with Gasteiger partial charge in [0.15, 0.2) is 23.1 Å². The van der Waals surface area contributed by atoms with Gasteiger partial charge in [-0.15, -0.1) is 0 Å². The number of carbonyl (C=O) groups excluding carboxylic acids is 5. The Bertz CT molecular complexity index is 1110. The van der Waals surface area contributed by atoms with Crippen LogP contribution in [0.2, 0.25) is 0 Å². The third-order valence-electron chi connectivity index (χ3n) is 8.58. The van der Waals surface area contributed by atoms with Gasteiger partial charge in [0.1, 0.15) is 24.4 Å². The van der Waals surface area contributed by atoms with E-state index in [0.717, 1.165) is 20.8 Å². The maximum absolute atomic E-state index is 13.0. The smallest absolute Gasteiger partial charge is 0.342 e. The molecule has 1 saturated carbocycles. The highest BCUT2D eigenvalue weighted by Crippen LogP contribution is 2.65. The van der Waals surface area contributed by atoms with E-state index in [4.69, 9.17) is 23.7 Å². The molecule has 11 atom stereocenters. The van der Waals surface area contributed by atoms with Crippen LogP contribution in [0.25, 0.3) is 0 Å². The summed E-state index contributed by atoms with van der Waals surface area (Å²) in [5.74, 6) is -5.32. The Hall–Kier alpha value is -2.83. The van der Waals surface area contributed by atoms with Gasteiger partial charge in [0.25, 0.3) is 0 Å². The number of hydrogen-bond acceptors (Lipinski definition) is 12. The lowest BCUT2D eigenvalue weighted by Gasteiger charge is -2.52. The van der Waals surface area contributed by atoms with Crippen LogP contribution in [0.4, 0.5) is 0 Å². The predicted molar refractivity (Wildman–Crippen MR) is 125 cm³/mol. The standard InChI is InChI=1S/C26H34O12/c1-11-15(30)8-9-23(5)17(11)20(36-14(4)29)26-21(37-22(32)25(26,7)38-26)18(31)24(6,33)10-16(34-12(2)27)19(23)35-13(3)28/h8-9,11,16-21,31,33H,10H2,1-7H3/t11-,16-,17?,18?,19-,20-,21-,23-,24+,25+,26?/m0/s1. The molecule has 0 aromatic heterocycles. The van der Waals surface area contributed by atoms with Gasteiger partial charge < -0.3 is 33.9 Å². The maximum Gasteiger partial charge on any atom is 0.342 e. The molecular weight excluding hydrogens is 504 g/mol. The highest BCUT2D eigenvalue weighted by atomic mass is 16.7. The van der Waals surface area contributed by atoms with Gasteiger partial charge in [-0.25, -0.2) is 4.79 Å². The van der Waals surface area contributed by atoms with Crippen LogP contribution in [-0.2, 0) is 47.7 Å².